The molecule has 0 bridgehead atoms. The number of nitro benzene ring substituents is 1. The van der Waals surface area contributed by atoms with Crippen LogP contribution in [0.15, 0.2) is 42.5 Å². The summed E-state index contributed by atoms with van der Waals surface area (Å²) in [7, 11) is 0. The van der Waals surface area contributed by atoms with Gasteiger partial charge in [0.15, 0.2) is 6.61 Å². The lowest BCUT2D eigenvalue weighted by Gasteiger charge is -2.31. The van der Waals surface area contributed by atoms with Crippen molar-refractivity contribution in [2.24, 2.45) is 5.92 Å². The summed E-state index contributed by atoms with van der Waals surface area (Å²) >= 11 is 0. The Morgan fingerprint density at radius 1 is 1.20 bits per heavy atom. The lowest BCUT2D eigenvalue weighted by molar-refractivity contribution is -0.384. The smallest absolute Gasteiger partial charge is 0.338 e. The number of ether oxygens (including phenoxy) is 1. The van der Waals surface area contributed by atoms with Crippen LogP contribution in [0.5, 0.6) is 0 Å². The predicted molar refractivity (Wildman–Crippen MR) is 114 cm³/mol. The normalized spacial score (nSPS) is 14.3. The van der Waals surface area contributed by atoms with Crippen LogP contribution in [0, 0.1) is 23.0 Å². The molecular formula is C22H25N3O5. The third-order valence-corrected chi connectivity index (χ3v) is 5.29. The summed E-state index contributed by atoms with van der Waals surface area (Å²) in [6.07, 6.45) is 1.94. The van der Waals surface area contributed by atoms with Crippen molar-refractivity contribution in [3.8, 4) is 0 Å². The van der Waals surface area contributed by atoms with Crippen molar-refractivity contribution in [1.82, 2.24) is 0 Å². The van der Waals surface area contributed by atoms with Crippen molar-refractivity contribution in [2.75, 3.05) is 29.9 Å². The van der Waals surface area contributed by atoms with Gasteiger partial charge >= 0.3 is 5.97 Å². The number of nitrogens with one attached hydrogen (secondary N) is 1. The van der Waals surface area contributed by atoms with Crippen LogP contribution < -0.4 is 10.2 Å². The number of amides is 1. The Kier molecular flexibility index (Phi) is 6.66. The third-order valence-electron chi connectivity index (χ3n) is 5.29. The first-order chi connectivity index (χ1) is 14.3. The van der Waals surface area contributed by atoms with E-state index in [-0.39, 0.29) is 11.3 Å². The van der Waals surface area contributed by atoms with Crippen LogP contribution in [0.25, 0.3) is 0 Å². The minimum absolute atomic E-state index is 0.0412. The molecule has 2 aromatic rings. The van der Waals surface area contributed by atoms with Gasteiger partial charge in [-0.15, -0.1) is 0 Å². The van der Waals surface area contributed by atoms with Gasteiger partial charge in [0.25, 0.3) is 11.6 Å². The largest absolute Gasteiger partial charge is 0.452 e. The molecule has 1 amide bonds. The molecule has 3 rings (SSSR count). The number of esters is 1. The summed E-state index contributed by atoms with van der Waals surface area (Å²) in [6.45, 7) is 5.02. The van der Waals surface area contributed by atoms with E-state index in [9.17, 15) is 19.7 Å². The molecule has 0 radical (unpaired) electrons. The van der Waals surface area contributed by atoms with Crippen LogP contribution in [0.3, 0.4) is 0 Å². The summed E-state index contributed by atoms with van der Waals surface area (Å²) in [5, 5.41) is 14.2. The number of carbonyl (C=O) groups excluding carboxylic acids is 2. The highest BCUT2D eigenvalue weighted by Crippen LogP contribution is 2.32. The fourth-order valence-electron chi connectivity index (χ4n) is 3.43. The summed E-state index contributed by atoms with van der Waals surface area (Å²) in [5.74, 6) is -0.663. The van der Waals surface area contributed by atoms with Crippen molar-refractivity contribution in [1.29, 1.82) is 0 Å². The van der Waals surface area contributed by atoms with E-state index in [1.54, 1.807) is 18.2 Å². The highest BCUT2D eigenvalue weighted by molar-refractivity contribution is 5.96. The summed E-state index contributed by atoms with van der Waals surface area (Å²) in [4.78, 5) is 37.4. The zero-order chi connectivity index (χ0) is 21.7. The molecule has 1 aliphatic heterocycles. The number of benzene rings is 2. The Morgan fingerprint density at radius 2 is 1.90 bits per heavy atom. The number of carbonyl (C=O) groups is 2. The Hall–Kier alpha value is -3.42. The lowest BCUT2D eigenvalue weighted by Crippen LogP contribution is -2.33. The molecule has 1 N–H and O–H groups in total. The second kappa shape index (κ2) is 9.39. The van der Waals surface area contributed by atoms with Gasteiger partial charge in [-0.05, 0) is 49.4 Å². The van der Waals surface area contributed by atoms with Crippen LogP contribution >= 0.6 is 0 Å². The highest BCUT2D eigenvalue weighted by Gasteiger charge is 2.25. The fraction of sp³-hybridized carbons (Fsp3) is 0.364. The standard InChI is InChI=1S/C22H25N3O5/c1-15-9-11-24(12-10-15)19-8-7-17(13-20(19)25(28)29)22(27)30-14-21(26)23-18-6-4-3-5-16(18)2/h3-8,13,15H,9-12,14H2,1-2H3,(H,23,26). The molecule has 30 heavy (non-hydrogen) atoms. The van der Waals surface area contributed by atoms with Gasteiger partial charge in [0.1, 0.15) is 5.69 Å². The molecule has 158 valence electrons. The quantitative estimate of drug-likeness (QED) is 0.439. The maximum Gasteiger partial charge on any atom is 0.338 e. The molecule has 0 atom stereocenters. The molecular weight excluding hydrogens is 386 g/mol. The first-order valence-electron chi connectivity index (χ1n) is 9.91. The van der Waals surface area contributed by atoms with Crippen molar-refractivity contribution in [3.05, 3.63) is 63.7 Å². The Labute approximate surface area is 175 Å². The summed E-state index contributed by atoms with van der Waals surface area (Å²) in [5.41, 5.74) is 1.92. The van der Waals surface area contributed by atoms with E-state index in [1.807, 2.05) is 24.0 Å². The van der Waals surface area contributed by atoms with E-state index in [1.165, 1.54) is 12.1 Å². The Morgan fingerprint density at radius 3 is 2.57 bits per heavy atom. The highest BCUT2D eigenvalue weighted by atomic mass is 16.6. The molecule has 0 aromatic heterocycles. The van der Waals surface area contributed by atoms with Crippen molar-refractivity contribution in [3.63, 3.8) is 0 Å². The van der Waals surface area contributed by atoms with Crippen LogP contribution in [0.4, 0.5) is 17.1 Å². The van der Waals surface area contributed by atoms with E-state index in [4.69, 9.17) is 4.74 Å². The van der Waals surface area contributed by atoms with E-state index < -0.39 is 23.4 Å². The topological polar surface area (TPSA) is 102 Å². The first-order valence-corrected chi connectivity index (χ1v) is 9.91. The molecule has 1 saturated heterocycles. The van der Waals surface area contributed by atoms with Gasteiger partial charge in [-0.1, -0.05) is 25.1 Å². The Balaban J connectivity index is 1.65. The number of anilines is 2. The maximum absolute atomic E-state index is 12.3. The van der Waals surface area contributed by atoms with Gasteiger partial charge in [-0.2, -0.15) is 0 Å². The van der Waals surface area contributed by atoms with Gasteiger partial charge in [-0.3, -0.25) is 14.9 Å². The summed E-state index contributed by atoms with van der Waals surface area (Å²) < 4.78 is 5.05. The molecule has 8 nitrogen and oxygen atoms in total. The number of para-hydroxylation sites is 1. The third kappa shape index (κ3) is 5.14. The predicted octanol–water partition coefficient (Wildman–Crippen LogP) is 3.94. The number of piperidine rings is 1. The van der Waals surface area contributed by atoms with Gasteiger partial charge in [-0.25, -0.2) is 4.79 Å². The molecule has 0 spiro atoms. The van der Waals surface area contributed by atoms with Gasteiger partial charge in [0.2, 0.25) is 0 Å². The summed E-state index contributed by atoms with van der Waals surface area (Å²) in [6, 6.07) is 11.5. The van der Waals surface area contributed by atoms with Gasteiger partial charge in [0, 0.05) is 24.8 Å². The fourth-order valence-corrected chi connectivity index (χ4v) is 3.43. The first kappa shape index (κ1) is 21.3. The monoisotopic (exact) mass is 411 g/mol. The molecule has 0 aliphatic carbocycles. The number of rotatable bonds is 6. The number of aryl methyl sites for hydroxylation is 1. The number of nitro groups is 1. The van der Waals surface area contributed by atoms with Gasteiger partial charge in [0.05, 0.1) is 10.5 Å². The molecule has 2 aromatic carbocycles. The maximum atomic E-state index is 12.3. The lowest BCUT2D eigenvalue weighted by atomic mass is 9.98. The molecule has 0 unspecified atom stereocenters. The zero-order valence-electron chi connectivity index (χ0n) is 17.1. The van der Waals surface area contributed by atoms with Crippen molar-refractivity contribution < 1.29 is 19.2 Å². The van der Waals surface area contributed by atoms with E-state index in [0.717, 1.165) is 31.5 Å². The second-order valence-corrected chi connectivity index (χ2v) is 7.57. The van der Waals surface area contributed by atoms with Crippen LogP contribution in [0.2, 0.25) is 0 Å². The average molecular weight is 411 g/mol. The van der Waals surface area contributed by atoms with Gasteiger partial charge < -0.3 is 15.0 Å². The van der Waals surface area contributed by atoms with Crippen molar-refractivity contribution >= 4 is 28.9 Å². The zero-order valence-corrected chi connectivity index (χ0v) is 17.1. The molecule has 0 saturated carbocycles. The molecule has 1 heterocycles. The molecule has 8 heteroatoms. The van der Waals surface area contributed by atoms with Crippen LogP contribution in [0.1, 0.15) is 35.7 Å². The van der Waals surface area contributed by atoms with E-state index >= 15 is 0 Å². The van der Waals surface area contributed by atoms with Crippen LogP contribution in [-0.2, 0) is 9.53 Å². The minimum Gasteiger partial charge on any atom is -0.452 e. The van der Waals surface area contributed by atoms with Crippen molar-refractivity contribution in [2.45, 2.75) is 26.7 Å². The number of nitrogens with zero attached hydrogens (tertiary/aromatic N) is 2. The molecule has 1 aliphatic rings. The number of hydrogen-bond donors (Lipinski definition) is 1. The molecule has 1 fully saturated rings. The minimum atomic E-state index is -0.781. The second-order valence-electron chi connectivity index (χ2n) is 7.57. The SMILES string of the molecule is Cc1ccccc1NC(=O)COC(=O)c1ccc(N2CCC(C)CC2)c([N+](=O)[O-])c1. The van der Waals surface area contributed by atoms with Crippen LogP contribution in [-0.4, -0.2) is 36.5 Å². The van der Waals surface area contributed by atoms with E-state index in [2.05, 4.69) is 12.2 Å². The average Bonchev–Trinajstić information content (AvgIpc) is 2.74. The Bertz CT molecular complexity index is 952. The van der Waals surface area contributed by atoms with E-state index in [0.29, 0.717) is 17.3 Å². The number of hydrogen-bond acceptors (Lipinski definition) is 6.